The maximum absolute atomic E-state index is 13.2. The van der Waals surface area contributed by atoms with Crippen LogP contribution in [-0.2, 0) is 31.2 Å². The van der Waals surface area contributed by atoms with Gasteiger partial charge in [0.25, 0.3) is 5.91 Å². The van der Waals surface area contributed by atoms with Crippen LogP contribution in [0.4, 0.5) is 32.2 Å². The molecule has 1 aromatic heterocycles. The lowest BCUT2D eigenvalue weighted by Crippen LogP contribution is -2.24. The summed E-state index contributed by atoms with van der Waals surface area (Å²) < 4.78 is 101. The van der Waals surface area contributed by atoms with E-state index in [0.29, 0.717) is 16.8 Å². The Kier molecular flexibility index (Phi) is 8.94. The number of halogens is 8. The van der Waals surface area contributed by atoms with Gasteiger partial charge in [0, 0.05) is 7.11 Å². The first-order chi connectivity index (χ1) is 15.7. The van der Waals surface area contributed by atoms with Crippen molar-refractivity contribution in [2.75, 3.05) is 32.2 Å². The number of anilines is 1. The molecule has 0 saturated heterocycles. The summed E-state index contributed by atoms with van der Waals surface area (Å²) in [4.78, 5) is 11.0. The number of methoxy groups -OCH3 is 1. The predicted octanol–water partition coefficient (Wildman–Crippen LogP) is 4.30. The highest BCUT2D eigenvalue weighted by Crippen LogP contribution is 2.41. The first kappa shape index (κ1) is 27.9. The number of nitriles is 1. The number of hydrogen-bond acceptors (Lipinski definition) is 6. The number of hydrogen-bond donors (Lipinski definition) is 1. The highest BCUT2D eigenvalue weighted by atomic mass is 35.5. The van der Waals surface area contributed by atoms with Gasteiger partial charge in [0.1, 0.15) is 23.3 Å². The van der Waals surface area contributed by atoms with Crippen LogP contribution < -0.4 is 5.32 Å². The molecule has 0 bridgehead atoms. The number of nitrogens with zero attached hydrogens (tertiary/aromatic N) is 3. The van der Waals surface area contributed by atoms with E-state index in [1.165, 1.54) is 13.2 Å². The number of rotatable bonds is 8. The normalized spacial score (nSPS) is 12.9. The number of carbonyl (C=O) groups is 1. The molecule has 2 rings (SSSR count). The highest BCUT2D eigenvalue weighted by molar-refractivity contribution is 7.86. The summed E-state index contributed by atoms with van der Waals surface area (Å²) in [7, 11) is -2.53. The van der Waals surface area contributed by atoms with Crippen molar-refractivity contribution in [2.45, 2.75) is 16.6 Å². The van der Waals surface area contributed by atoms with Gasteiger partial charge in [-0.15, -0.1) is 0 Å². The summed E-state index contributed by atoms with van der Waals surface area (Å²) in [5.41, 5.74) is -8.32. The summed E-state index contributed by atoms with van der Waals surface area (Å²) >= 11 is 11.8. The van der Waals surface area contributed by atoms with Gasteiger partial charge < -0.3 is 14.8 Å². The van der Waals surface area contributed by atoms with Crippen molar-refractivity contribution in [3.05, 3.63) is 33.4 Å². The minimum absolute atomic E-state index is 0.0650. The van der Waals surface area contributed by atoms with E-state index in [9.17, 15) is 40.6 Å². The number of amides is 1. The lowest BCUT2D eigenvalue weighted by atomic mass is 10.2. The van der Waals surface area contributed by atoms with E-state index in [0.717, 1.165) is 0 Å². The second-order valence-corrected chi connectivity index (χ2v) is 8.37. The molecule has 0 aliphatic heterocycles. The number of ether oxygens (including phenoxy) is 2. The van der Waals surface area contributed by atoms with E-state index in [-0.39, 0.29) is 13.2 Å². The maximum atomic E-state index is 13.2. The summed E-state index contributed by atoms with van der Waals surface area (Å²) in [5.74, 6) is -2.02. The van der Waals surface area contributed by atoms with E-state index < -0.39 is 72.7 Å². The standard InChI is InChI=1S/C17H12Cl2F6N4O4S/c1-32-2-3-33-7-12(30)27-15-14(34(31)17(23,24)25)11(6-26)28-29(15)13-9(18)4-8(5-10(13)19)16(20,21)22/h4-5H,2-3,7H2,1H3,(H,27,30). The molecule has 1 heterocycles. The van der Waals surface area contributed by atoms with Gasteiger partial charge in [-0.1, -0.05) is 23.2 Å². The third kappa shape index (κ3) is 6.39. The van der Waals surface area contributed by atoms with E-state index in [1.807, 2.05) is 5.32 Å². The second-order valence-electron chi connectivity index (χ2n) is 6.14. The molecule has 0 aliphatic rings. The fourth-order valence-corrected chi connectivity index (χ4v) is 3.90. The van der Waals surface area contributed by atoms with Crippen molar-refractivity contribution in [2.24, 2.45) is 0 Å². The van der Waals surface area contributed by atoms with Gasteiger partial charge in [-0.3, -0.25) is 4.79 Å². The topological polar surface area (TPSA) is 106 Å². The van der Waals surface area contributed by atoms with Crippen LogP contribution in [0.1, 0.15) is 11.3 Å². The molecule has 1 N–H and O–H groups in total. The van der Waals surface area contributed by atoms with Gasteiger partial charge in [-0.2, -0.15) is 36.7 Å². The Bertz CT molecular complexity index is 1120. The molecule has 0 saturated carbocycles. The van der Waals surface area contributed by atoms with Crippen LogP contribution >= 0.6 is 23.2 Å². The molecule has 2 aromatic rings. The minimum atomic E-state index is -5.39. The molecule has 0 spiro atoms. The zero-order valence-corrected chi connectivity index (χ0v) is 19.0. The van der Waals surface area contributed by atoms with Crippen LogP contribution in [0.25, 0.3) is 5.69 Å². The van der Waals surface area contributed by atoms with Crippen LogP contribution in [0.3, 0.4) is 0 Å². The van der Waals surface area contributed by atoms with Gasteiger partial charge in [-0.25, -0.2) is 8.89 Å². The van der Waals surface area contributed by atoms with E-state index in [4.69, 9.17) is 32.7 Å². The number of aromatic nitrogens is 2. The molecule has 1 aromatic carbocycles. The second kappa shape index (κ2) is 10.9. The van der Waals surface area contributed by atoms with E-state index >= 15 is 0 Å². The Morgan fingerprint density at radius 3 is 2.26 bits per heavy atom. The van der Waals surface area contributed by atoms with Crippen LogP contribution in [0.2, 0.25) is 10.0 Å². The van der Waals surface area contributed by atoms with Crippen molar-refractivity contribution in [3.8, 4) is 11.8 Å². The Morgan fingerprint density at radius 1 is 1.21 bits per heavy atom. The molecule has 0 aliphatic carbocycles. The first-order valence-electron chi connectivity index (χ1n) is 8.67. The monoisotopic (exact) mass is 552 g/mol. The molecule has 1 atom stereocenters. The quantitative estimate of drug-likeness (QED) is 0.386. The van der Waals surface area contributed by atoms with Crippen LogP contribution in [-0.4, -0.2) is 52.3 Å². The Labute approximate surface area is 199 Å². The molecule has 186 valence electrons. The zero-order valence-electron chi connectivity index (χ0n) is 16.7. The summed E-state index contributed by atoms with van der Waals surface area (Å²) in [6.45, 7) is -0.683. The van der Waals surface area contributed by atoms with Gasteiger partial charge in [0.15, 0.2) is 22.3 Å². The number of benzene rings is 1. The van der Waals surface area contributed by atoms with Gasteiger partial charge in [0.05, 0.1) is 28.8 Å². The minimum Gasteiger partial charge on any atom is -0.382 e. The number of nitrogens with one attached hydrogen (secondary N) is 1. The molecule has 1 unspecified atom stereocenters. The Hall–Kier alpha value is -2.38. The largest absolute Gasteiger partial charge is 0.476 e. The van der Waals surface area contributed by atoms with Crippen molar-refractivity contribution in [1.29, 1.82) is 5.26 Å². The van der Waals surface area contributed by atoms with Crippen LogP contribution in [0.5, 0.6) is 0 Å². The fourth-order valence-electron chi connectivity index (χ4n) is 2.45. The summed E-state index contributed by atoms with van der Waals surface area (Å²) in [6, 6.07) is 2.12. The fraction of sp³-hybridized carbons (Fsp3) is 0.353. The highest BCUT2D eigenvalue weighted by Gasteiger charge is 2.43. The summed E-state index contributed by atoms with van der Waals surface area (Å²) in [6.07, 6.45) is -4.87. The van der Waals surface area contributed by atoms with Crippen molar-refractivity contribution < 1.29 is 44.8 Å². The Balaban J connectivity index is 2.69. The molecule has 0 radical (unpaired) electrons. The van der Waals surface area contributed by atoms with E-state index in [2.05, 4.69) is 5.10 Å². The molecular formula is C17H12Cl2F6N4O4S. The SMILES string of the molecule is COCCOCC(=O)Nc1c(S(=O)C(F)(F)F)c(C#N)nn1-c1c(Cl)cc(C(F)(F)F)cc1Cl. The molecule has 0 fully saturated rings. The lowest BCUT2D eigenvalue weighted by Gasteiger charge is -2.16. The van der Waals surface area contributed by atoms with Crippen LogP contribution in [0, 0.1) is 11.3 Å². The number of carbonyl (C=O) groups excluding carboxylic acids is 1. The maximum Gasteiger partial charge on any atom is 0.476 e. The Morgan fingerprint density at radius 2 is 1.79 bits per heavy atom. The molecule has 8 nitrogen and oxygen atoms in total. The van der Waals surface area contributed by atoms with Crippen molar-refractivity contribution in [3.63, 3.8) is 0 Å². The zero-order chi connectivity index (χ0) is 25.8. The number of alkyl halides is 6. The van der Waals surface area contributed by atoms with Gasteiger partial charge >= 0.3 is 11.7 Å². The lowest BCUT2D eigenvalue weighted by molar-refractivity contribution is -0.137. The molecule has 1 amide bonds. The molecule has 17 heteroatoms. The van der Waals surface area contributed by atoms with Gasteiger partial charge in [0.2, 0.25) is 0 Å². The smallest absolute Gasteiger partial charge is 0.382 e. The van der Waals surface area contributed by atoms with Crippen molar-refractivity contribution >= 4 is 45.7 Å². The average molecular weight is 553 g/mol. The van der Waals surface area contributed by atoms with E-state index in [1.54, 1.807) is 0 Å². The van der Waals surface area contributed by atoms with Crippen molar-refractivity contribution in [1.82, 2.24) is 9.78 Å². The van der Waals surface area contributed by atoms with Gasteiger partial charge in [-0.05, 0) is 12.1 Å². The van der Waals surface area contributed by atoms with Crippen LogP contribution in [0.15, 0.2) is 17.0 Å². The predicted molar refractivity (Wildman–Crippen MR) is 107 cm³/mol. The average Bonchev–Trinajstić information content (AvgIpc) is 3.06. The third-order valence-electron chi connectivity index (χ3n) is 3.82. The first-order valence-corrected chi connectivity index (χ1v) is 10.6. The molecule has 34 heavy (non-hydrogen) atoms. The third-order valence-corrected chi connectivity index (χ3v) is 5.58. The summed E-state index contributed by atoms with van der Waals surface area (Å²) in [5, 5.41) is 13.3. The molecular weight excluding hydrogens is 541 g/mol.